The summed E-state index contributed by atoms with van der Waals surface area (Å²) in [7, 11) is 0. The third-order valence-electron chi connectivity index (χ3n) is 4.83. The molecule has 5 heteroatoms. The molecule has 0 N–H and O–H groups in total. The topological polar surface area (TPSA) is 43.6 Å². The minimum atomic E-state index is -0.0489. The van der Waals surface area contributed by atoms with Crippen molar-refractivity contribution in [2.75, 3.05) is 0 Å². The lowest BCUT2D eigenvalue weighted by Gasteiger charge is -2.09. The Kier molecular flexibility index (Phi) is 4.37. The lowest BCUT2D eigenvalue weighted by atomic mass is 10.1. The van der Waals surface area contributed by atoms with Gasteiger partial charge in [-0.3, -0.25) is 4.79 Å². The van der Waals surface area contributed by atoms with Crippen LogP contribution >= 0.6 is 11.3 Å². The first kappa shape index (κ1) is 17.6. The average molecular weight is 398 g/mol. The number of aryl methyl sites for hydroxylation is 1. The molecule has 0 unspecified atom stereocenters. The SMILES string of the molecule is Cc1cccc(COc2ccccc2/C=c2\sc3nc4ccccc4n3c2=O)c1. The highest BCUT2D eigenvalue weighted by Gasteiger charge is 2.11. The van der Waals surface area contributed by atoms with Gasteiger partial charge in [0.15, 0.2) is 4.96 Å². The molecule has 0 aliphatic heterocycles. The minimum absolute atomic E-state index is 0.0489. The predicted octanol–water partition coefficient (Wildman–Crippen LogP) is 4.34. The van der Waals surface area contributed by atoms with Crippen molar-refractivity contribution in [2.24, 2.45) is 0 Å². The lowest BCUT2D eigenvalue weighted by Crippen LogP contribution is -2.22. The molecule has 142 valence electrons. The highest BCUT2D eigenvalue weighted by molar-refractivity contribution is 7.15. The fourth-order valence-electron chi connectivity index (χ4n) is 3.45. The van der Waals surface area contributed by atoms with Gasteiger partial charge < -0.3 is 4.74 Å². The Bertz CT molecular complexity index is 1450. The van der Waals surface area contributed by atoms with Crippen molar-refractivity contribution >= 4 is 33.4 Å². The van der Waals surface area contributed by atoms with Gasteiger partial charge in [0.05, 0.1) is 15.6 Å². The zero-order valence-corrected chi connectivity index (χ0v) is 16.6. The molecule has 0 spiro atoms. The summed E-state index contributed by atoms with van der Waals surface area (Å²) in [5.74, 6) is 0.754. The zero-order valence-electron chi connectivity index (χ0n) is 15.8. The van der Waals surface area contributed by atoms with Crippen LogP contribution in [-0.4, -0.2) is 9.38 Å². The summed E-state index contributed by atoms with van der Waals surface area (Å²) in [5.41, 5.74) is 4.83. The number of benzene rings is 3. The summed E-state index contributed by atoms with van der Waals surface area (Å²) in [4.78, 5) is 18.3. The number of ether oxygens (including phenoxy) is 1. The van der Waals surface area contributed by atoms with Gasteiger partial charge in [-0.15, -0.1) is 0 Å². The Balaban J connectivity index is 1.54. The van der Waals surface area contributed by atoms with E-state index < -0.39 is 0 Å². The number of hydrogen-bond donors (Lipinski definition) is 0. The summed E-state index contributed by atoms with van der Waals surface area (Å²) >= 11 is 1.40. The first-order valence-corrected chi connectivity index (χ1v) is 10.2. The van der Waals surface area contributed by atoms with Gasteiger partial charge in [-0.25, -0.2) is 9.38 Å². The Labute approximate surface area is 171 Å². The van der Waals surface area contributed by atoms with E-state index in [1.807, 2.05) is 60.7 Å². The van der Waals surface area contributed by atoms with Crippen LogP contribution < -0.4 is 14.8 Å². The number of aromatic nitrogens is 2. The Morgan fingerprint density at radius 1 is 1.03 bits per heavy atom. The fourth-order valence-corrected chi connectivity index (χ4v) is 4.43. The van der Waals surface area contributed by atoms with Crippen molar-refractivity contribution in [1.29, 1.82) is 0 Å². The summed E-state index contributed by atoms with van der Waals surface area (Å²) < 4.78 is 8.39. The normalized spacial score (nSPS) is 12.1. The molecule has 2 aromatic heterocycles. The molecule has 5 rings (SSSR count). The second-order valence-corrected chi connectivity index (χ2v) is 7.96. The van der Waals surface area contributed by atoms with E-state index in [4.69, 9.17) is 4.74 Å². The maximum atomic E-state index is 13.0. The van der Waals surface area contributed by atoms with Crippen LogP contribution in [0.25, 0.3) is 22.1 Å². The highest BCUT2D eigenvalue weighted by atomic mass is 32.1. The Morgan fingerprint density at radius 2 is 1.86 bits per heavy atom. The van der Waals surface area contributed by atoms with E-state index in [1.54, 1.807) is 4.40 Å². The van der Waals surface area contributed by atoms with Gasteiger partial charge in [-0.2, -0.15) is 0 Å². The van der Waals surface area contributed by atoms with Crippen LogP contribution in [0.5, 0.6) is 5.75 Å². The van der Waals surface area contributed by atoms with Crippen LogP contribution in [0.3, 0.4) is 0 Å². The Hall–Kier alpha value is -3.44. The second-order valence-electron chi connectivity index (χ2n) is 6.95. The molecule has 0 atom stereocenters. The summed E-state index contributed by atoms with van der Waals surface area (Å²) in [6, 6.07) is 23.7. The van der Waals surface area contributed by atoms with Crippen molar-refractivity contribution in [3.63, 3.8) is 0 Å². The molecule has 5 aromatic rings. The van der Waals surface area contributed by atoms with E-state index >= 15 is 0 Å². The van der Waals surface area contributed by atoms with Gasteiger partial charge in [0.1, 0.15) is 12.4 Å². The number of nitrogens with zero attached hydrogens (tertiary/aromatic N) is 2. The van der Waals surface area contributed by atoms with Crippen molar-refractivity contribution in [3.05, 3.63) is 104 Å². The maximum Gasteiger partial charge on any atom is 0.274 e. The van der Waals surface area contributed by atoms with Gasteiger partial charge in [-0.05, 0) is 36.8 Å². The second kappa shape index (κ2) is 7.18. The number of fused-ring (bicyclic) bond motifs is 3. The predicted molar refractivity (Wildman–Crippen MR) is 118 cm³/mol. The van der Waals surface area contributed by atoms with Crippen LogP contribution in [0.1, 0.15) is 16.7 Å². The summed E-state index contributed by atoms with van der Waals surface area (Å²) in [6.45, 7) is 2.55. The molecule has 0 amide bonds. The molecular formula is C24H18N2O2S. The summed E-state index contributed by atoms with van der Waals surface area (Å²) in [6.07, 6.45) is 1.89. The third-order valence-corrected chi connectivity index (χ3v) is 5.80. The molecule has 0 fully saturated rings. The van der Waals surface area contributed by atoms with Crippen molar-refractivity contribution in [1.82, 2.24) is 9.38 Å². The van der Waals surface area contributed by atoms with Crippen LogP contribution in [0.4, 0.5) is 0 Å². The number of imidazole rings is 1. The molecule has 2 heterocycles. The monoisotopic (exact) mass is 398 g/mol. The molecule has 29 heavy (non-hydrogen) atoms. The van der Waals surface area contributed by atoms with Gasteiger partial charge in [0, 0.05) is 5.56 Å². The largest absolute Gasteiger partial charge is 0.488 e. The smallest absolute Gasteiger partial charge is 0.274 e. The molecule has 4 nitrogen and oxygen atoms in total. The molecule has 0 aliphatic rings. The zero-order chi connectivity index (χ0) is 19.8. The third kappa shape index (κ3) is 3.30. The van der Waals surface area contributed by atoms with E-state index in [-0.39, 0.29) is 5.56 Å². The molecule has 0 bridgehead atoms. The van der Waals surface area contributed by atoms with Gasteiger partial charge in [0.2, 0.25) is 0 Å². The number of hydrogen-bond acceptors (Lipinski definition) is 4. The van der Waals surface area contributed by atoms with E-state index in [0.717, 1.165) is 27.9 Å². The standard InChI is InChI=1S/C24H18N2O2S/c1-16-7-6-8-17(13-16)15-28-21-12-5-2-9-18(21)14-22-23(27)26-20-11-4-3-10-19(20)25-24(26)29-22/h2-14H,15H2,1H3/b22-14-. The summed E-state index contributed by atoms with van der Waals surface area (Å²) in [5, 5.41) is 0. The first-order valence-electron chi connectivity index (χ1n) is 9.38. The van der Waals surface area contributed by atoms with Crippen LogP contribution in [0, 0.1) is 6.92 Å². The number of para-hydroxylation sites is 3. The quantitative estimate of drug-likeness (QED) is 0.452. The van der Waals surface area contributed by atoms with E-state index in [1.165, 1.54) is 16.9 Å². The maximum absolute atomic E-state index is 13.0. The van der Waals surface area contributed by atoms with E-state index in [2.05, 4.69) is 30.1 Å². The number of thiazole rings is 1. The minimum Gasteiger partial charge on any atom is -0.488 e. The molecule has 0 radical (unpaired) electrons. The number of rotatable bonds is 4. The van der Waals surface area contributed by atoms with Gasteiger partial charge in [0.25, 0.3) is 5.56 Å². The average Bonchev–Trinajstić information content (AvgIpc) is 3.24. The first-order chi connectivity index (χ1) is 14.2. The molecule has 0 aliphatic carbocycles. The molecule has 0 saturated heterocycles. The van der Waals surface area contributed by atoms with Crippen molar-refractivity contribution in [2.45, 2.75) is 13.5 Å². The van der Waals surface area contributed by atoms with E-state index in [0.29, 0.717) is 16.1 Å². The van der Waals surface area contributed by atoms with E-state index in [9.17, 15) is 4.79 Å². The van der Waals surface area contributed by atoms with Crippen molar-refractivity contribution in [3.8, 4) is 5.75 Å². The van der Waals surface area contributed by atoms with Crippen LogP contribution in [-0.2, 0) is 6.61 Å². The Morgan fingerprint density at radius 3 is 2.76 bits per heavy atom. The highest BCUT2D eigenvalue weighted by Crippen LogP contribution is 2.21. The van der Waals surface area contributed by atoms with Crippen LogP contribution in [0.2, 0.25) is 0 Å². The van der Waals surface area contributed by atoms with Gasteiger partial charge in [-0.1, -0.05) is 71.5 Å². The lowest BCUT2D eigenvalue weighted by molar-refractivity contribution is 0.305. The van der Waals surface area contributed by atoms with Crippen molar-refractivity contribution < 1.29 is 4.74 Å². The van der Waals surface area contributed by atoms with Gasteiger partial charge >= 0.3 is 0 Å². The van der Waals surface area contributed by atoms with Crippen LogP contribution in [0.15, 0.2) is 77.6 Å². The molecule has 0 saturated carbocycles. The molecule has 3 aromatic carbocycles. The fraction of sp³-hybridized carbons (Fsp3) is 0.0833. The molecular weight excluding hydrogens is 380 g/mol.